The highest BCUT2D eigenvalue weighted by molar-refractivity contribution is 5.83. The number of aromatic nitrogens is 2. The molecule has 0 bridgehead atoms. The predicted octanol–water partition coefficient (Wildman–Crippen LogP) is 3.02. The Morgan fingerprint density at radius 3 is 2.53 bits per heavy atom. The first kappa shape index (κ1) is 9.97. The maximum absolute atomic E-state index is 4.20. The van der Waals surface area contributed by atoms with Gasteiger partial charge in [-0.25, -0.2) is 0 Å². The molecule has 1 radical (unpaired) electrons. The van der Waals surface area contributed by atoms with Crippen molar-refractivity contribution in [2.24, 2.45) is 0 Å². The second-order valence-corrected chi connectivity index (χ2v) is 3.97. The van der Waals surface area contributed by atoms with Crippen LogP contribution in [0.3, 0.4) is 0 Å². The van der Waals surface area contributed by atoms with Crippen LogP contribution in [0.4, 0.5) is 0 Å². The van der Waals surface area contributed by atoms with Gasteiger partial charge in [-0.1, -0.05) is 54.6 Å². The standard InChI is InChI=1S/C15H11N2/c1-2-6-12(7-3-1)10-15-14-9-5-4-8-13(14)11-16-17-15/h1-9H,10H2. The summed E-state index contributed by atoms with van der Waals surface area (Å²) in [6, 6.07) is 18.4. The van der Waals surface area contributed by atoms with Crippen molar-refractivity contribution in [3.05, 3.63) is 72.1 Å². The highest BCUT2D eigenvalue weighted by Gasteiger charge is 2.03. The van der Waals surface area contributed by atoms with Crippen LogP contribution >= 0.6 is 0 Å². The van der Waals surface area contributed by atoms with E-state index in [1.54, 1.807) is 0 Å². The Morgan fingerprint density at radius 1 is 0.882 bits per heavy atom. The van der Waals surface area contributed by atoms with Gasteiger partial charge in [-0.2, -0.15) is 5.10 Å². The summed E-state index contributed by atoms with van der Waals surface area (Å²) in [6.45, 7) is 0. The molecule has 1 aromatic heterocycles. The van der Waals surface area contributed by atoms with Crippen molar-refractivity contribution in [2.75, 3.05) is 0 Å². The van der Waals surface area contributed by atoms with Crippen LogP contribution in [0.25, 0.3) is 10.8 Å². The molecule has 0 spiro atoms. The molecule has 0 unspecified atom stereocenters. The van der Waals surface area contributed by atoms with Crippen LogP contribution in [0.1, 0.15) is 11.3 Å². The number of rotatable bonds is 2. The summed E-state index contributed by atoms with van der Waals surface area (Å²) in [5.41, 5.74) is 2.25. The molecule has 0 fully saturated rings. The van der Waals surface area contributed by atoms with Gasteiger partial charge in [-0.3, -0.25) is 0 Å². The molecule has 0 aliphatic carbocycles. The average Bonchev–Trinajstić information content (AvgIpc) is 2.40. The summed E-state index contributed by atoms with van der Waals surface area (Å²) in [6.07, 6.45) is 3.72. The van der Waals surface area contributed by atoms with Crippen LogP contribution in [0.2, 0.25) is 0 Å². The lowest BCUT2D eigenvalue weighted by atomic mass is 10.1. The van der Waals surface area contributed by atoms with Crippen LogP contribution in [-0.4, -0.2) is 10.2 Å². The van der Waals surface area contributed by atoms with Gasteiger partial charge in [0.05, 0.1) is 5.69 Å². The minimum Gasteiger partial charge on any atom is -0.154 e. The number of fused-ring (bicyclic) bond motifs is 1. The SMILES string of the molecule is [c]1nnc(Cc2ccccc2)c2ccccc12. The molecule has 0 aliphatic heterocycles. The Hall–Kier alpha value is -2.22. The molecule has 1 heterocycles. The smallest absolute Gasteiger partial charge is 0.122 e. The average molecular weight is 219 g/mol. The van der Waals surface area contributed by atoms with Gasteiger partial charge >= 0.3 is 0 Å². The topological polar surface area (TPSA) is 25.8 Å². The quantitative estimate of drug-likeness (QED) is 0.662. The minimum absolute atomic E-state index is 0.809. The van der Waals surface area contributed by atoms with Gasteiger partial charge in [-0.05, 0) is 5.56 Å². The van der Waals surface area contributed by atoms with Gasteiger partial charge in [0.1, 0.15) is 6.20 Å². The number of nitrogens with zero attached hydrogens (tertiary/aromatic N) is 2. The zero-order chi connectivity index (χ0) is 11.5. The molecule has 2 aromatic carbocycles. The van der Waals surface area contributed by atoms with E-state index in [0.717, 1.165) is 22.9 Å². The van der Waals surface area contributed by atoms with Crippen molar-refractivity contribution in [1.29, 1.82) is 0 Å². The Kier molecular flexibility index (Phi) is 2.54. The van der Waals surface area contributed by atoms with Crippen LogP contribution in [0.15, 0.2) is 54.6 Å². The molecular weight excluding hydrogens is 208 g/mol. The Bertz CT molecular complexity index is 627. The molecule has 3 aromatic rings. The summed E-state index contributed by atoms with van der Waals surface area (Å²) in [7, 11) is 0. The summed E-state index contributed by atoms with van der Waals surface area (Å²) < 4.78 is 0. The lowest BCUT2D eigenvalue weighted by Crippen LogP contribution is -1.96. The summed E-state index contributed by atoms with van der Waals surface area (Å²) >= 11 is 0. The third-order valence-corrected chi connectivity index (χ3v) is 2.79. The zero-order valence-electron chi connectivity index (χ0n) is 9.30. The molecule has 3 rings (SSSR count). The third kappa shape index (κ3) is 2.02. The highest BCUT2D eigenvalue weighted by Crippen LogP contribution is 2.17. The van der Waals surface area contributed by atoms with Crippen LogP contribution in [0, 0.1) is 6.20 Å². The van der Waals surface area contributed by atoms with E-state index in [2.05, 4.69) is 34.6 Å². The van der Waals surface area contributed by atoms with Gasteiger partial charge in [0.2, 0.25) is 0 Å². The summed E-state index contributed by atoms with van der Waals surface area (Å²) in [5, 5.41) is 10.3. The van der Waals surface area contributed by atoms with Gasteiger partial charge < -0.3 is 0 Å². The normalized spacial score (nSPS) is 10.6. The molecule has 81 valence electrons. The van der Waals surface area contributed by atoms with E-state index in [0.29, 0.717) is 0 Å². The summed E-state index contributed by atoms with van der Waals surface area (Å²) in [4.78, 5) is 0. The molecule has 2 nitrogen and oxygen atoms in total. The van der Waals surface area contributed by atoms with E-state index in [4.69, 9.17) is 0 Å². The van der Waals surface area contributed by atoms with E-state index in [-0.39, 0.29) is 0 Å². The third-order valence-electron chi connectivity index (χ3n) is 2.79. The molecule has 17 heavy (non-hydrogen) atoms. The van der Waals surface area contributed by atoms with E-state index >= 15 is 0 Å². The second kappa shape index (κ2) is 4.34. The molecule has 0 saturated heterocycles. The Morgan fingerprint density at radius 2 is 1.65 bits per heavy atom. The molecule has 0 amide bonds. The fourth-order valence-electron chi connectivity index (χ4n) is 1.95. The van der Waals surface area contributed by atoms with Crippen molar-refractivity contribution in [1.82, 2.24) is 10.2 Å². The molecule has 0 saturated carbocycles. The number of benzene rings is 2. The van der Waals surface area contributed by atoms with E-state index in [1.165, 1.54) is 5.56 Å². The first-order valence-corrected chi connectivity index (χ1v) is 5.59. The molecule has 2 heteroatoms. The maximum atomic E-state index is 4.20. The Labute approximate surface area is 99.9 Å². The lowest BCUT2D eigenvalue weighted by Gasteiger charge is -2.03. The molecule has 0 aliphatic rings. The van der Waals surface area contributed by atoms with Crippen molar-refractivity contribution < 1.29 is 0 Å². The van der Waals surface area contributed by atoms with Crippen molar-refractivity contribution in [3.8, 4) is 0 Å². The second-order valence-electron chi connectivity index (χ2n) is 3.97. The van der Waals surface area contributed by atoms with Crippen LogP contribution in [-0.2, 0) is 6.42 Å². The van der Waals surface area contributed by atoms with Crippen molar-refractivity contribution in [3.63, 3.8) is 0 Å². The number of hydrogen-bond acceptors (Lipinski definition) is 2. The molecular formula is C15H11N2. The van der Waals surface area contributed by atoms with Gasteiger partial charge in [0, 0.05) is 17.2 Å². The fourth-order valence-corrected chi connectivity index (χ4v) is 1.95. The zero-order valence-corrected chi connectivity index (χ0v) is 9.30. The summed E-state index contributed by atoms with van der Waals surface area (Å²) in [5.74, 6) is 0. The Balaban J connectivity index is 2.06. The molecule has 0 N–H and O–H groups in total. The van der Waals surface area contributed by atoms with Crippen LogP contribution in [0.5, 0.6) is 0 Å². The first-order valence-electron chi connectivity index (χ1n) is 5.59. The fraction of sp³-hybridized carbons (Fsp3) is 0.0667. The van der Waals surface area contributed by atoms with Crippen molar-refractivity contribution >= 4 is 10.8 Å². The highest BCUT2D eigenvalue weighted by atomic mass is 15.1. The lowest BCUT2D eigenvalue weighted by molar-refractivity contribution is 0.953. The molecule has 0 atom stereocenters. The monoisotopic (exact) mass is 219 g/mol. The van der Waals surface area contributed by atoms with E-state index < -0.39 is 0 Å². The van der Waals surface area contributed by atoms with Gasteiger partial charge in [0.15, 0.2) is 0 Å². The first-order chi connectivity index (χ1) is 8.43. The van der Waals surface area contributed by atoms with Crippen LogP contribution < -0.4 is 0 Å². The van der Waals surface area contributed by atoms with E-state index in [1.807, 2.05) is 36.4 Å². The predicted molar refractivity (Wildman–Crippen MR) is 67.6 cm³/mol. The minimum atomic E-state index is 0.809. The largest absolute Gasteiger partial charge is 0.154 e. The van der Waals surface area contributed by atoms with E-state index in [9.17, 15) is 0 Å². The van der Waals surface area contributed by atoms with Crippen molar-refractivity contribution in [2.45, 2.75) is 6.42 Å². The maximum Gasteiger partial charge on any atom is 0.122 e. The number of hydrogen-bond donors (Lipinski definition) is 0. The van der Waals surface area contributed by atoms with Gasteiger partial charge in [-0.15, -0.1) is 5.10 Å². The van der Waals surface area contributed by atoms with Gasteiger partial charge in [0.25, 0.3) is 0 Å².